The maximum Gasteiger partial charge on any atom is 0.278 e. The molecule has 12 heteroatoms. The van der Waals surface area contributed by atoms with E-state index < -0.39 is 69.3 Å². The molecule has 1 aromatic rings. The van der Waals surface area contributed by atoms with Crippen molar-refractivity contribution in [2.24, 2.45) is 22.7 Å². The Hall–Kier alpha value is -3.22. The highest BCUT2D eigenvalue weighted by molar-refractivity contribution is 6.01. The molecule has 0 aromatic heterocycles. The van der Waals surface area contributed by atoms with Crippen LogP contribution in [-0.2, 0) is 20.9 Å². The van der Waals surface area contributed by atoms with Gasteiger partial charge in [0.15, 0.2) is 28.7 Å². The Morgan fingerprint density at radius 1 is 1.19 bits per heavy atom. The molecule has 0 amide bonds. The summed E-state index contributed by atoms with van der Waals surface area (Å²) in [4.78, 5) is 36.5. The zero-order chi connectivity index (χ0) is 30.8. The molecule has 0 saturated heterocycles. The lowest BCUT2D eigenvalue weighted by Crippen LogP contribution is -2.70. The number of halogens is 2. The smallest absolute Gasteiger partial charge is 0.278 e. The third-order valence-corrected chi connectivity index (χ3v) is 10.5. The SMILES string of the molecule is COc1cc(COCC(=O)[C@@]2(O)CC[C@H]3[C@@H]4C[C@H](F)C5=CC(=O)C=C[C@]5(C)[C@@]4(F)[C@@H](O)C[C@@]32C)c([N+](=O)[O-])cc1OC. The highest BCUT2D eigenvalue weighted by atomic mass is 19.1. The molecule has 228 valence electrons. The number of nitrogens with zero attached hydrogens (tertiary/aromatic N) is 1. The van der Waals surface area contributed by atoms with E-state index >= 15 is 8.78 Å². The van der Waals surface area contributed by atoms with E-state index in [0.29, 0.717) is 0 Å². The van der Waals surface area contributed by atoms with Crippen LogP contribution in [-0.4, -0.2) is 71.1 Å². The number of nitro groups is 1. The third-order valence-electron chi connectivity index (χ3n) is 10.5. The molecule has 2 N–H and O–H groups in total. The lowest BCUT2D eigenvalue weighted by molar-refractivity contribution is -0.386. The Bertz CT molecular complexity index is 1400. The van der Waals surface area contributed by atoms with Gasteiger partial charge in [-0.25, -0.2) is 8.78 Å². The summed E-state index contributed by atoms with van der Waals surface area (Å²) in [6.45, 7) is 2.15. The number of fused-ring (bicyclic) bond motifs is 5. The summed E-state index contributed by atoms with van der Waals surface area (Å²) in [5.74, 6) is -2.45. The average molecular weight is 592 g/mol. The van der Waals surface area contributed by atoms with Gasteiger partial charge in [0, 0.05) is 16.7 Å². The van der Waals surface area contributed by atoms with Crippen molar-refractivity contribution >= 4 is 17.3 Å². The van der Waals surface area contributed by atoms with Crippen LogP contribution in [0.15, 0.2) is 35.9 Å². The van der Waals surface area contributed by atoms with Gasteiger partial charge in [-0.1, -0.05) is 13.0 Å². The van der Waals surface area contributed by atoms with Gasteiger partial charge in [0.1, 0.15) is 18.4 Å². The van der Waals surface area contributed by atoms with Crippen molar-refractivity contribution in [3.63, 3.8) is 0 Å². The second-order valence-corrected chi connectivity index (χ2v) is 12.3. The Labute approximate surface area is 241 Å². The molecule has 0 aliphatic heterocycles. The summed E-state index contributed by atoms with van der Waals surface area (Å²) in [5.41, 5.74) is -7.38. The first-order chi connectivity index (χ1) is 19.7. The Morgan fingerprint density at radius 2 is 1.86 bits per heavy atom. The third kappa shape index (κ3) is 4.05. The van der Waals surface area contributed by atoms with Crippen LogP contribution in [0.3, 0.4) is 0 Å². The first kappa shape index (κ1) is 30.2. The van der Waals surface area contributed by atoms with Gasteiger partial charge in [-0.05, 0) is 62.3 Å². The maximum absolute atomic E-state index is 17.2. The van der Waals surface area contributed by atoms with Gasteiger partial charge in [0.05, 0.1) is 43.5 Å². The van der Waals surface area contributed by atoms with Gasteiger partial charge in [0.2, 0.25) is 0 Å². The summed E-state index contributed by atoms with van der Waals surface area (Å²) in [5, 5.41) is 34.8. The minimum absolute atomic E-state index is 0.00149. The molecule has 0 spiro atoms. The van der Waals surface area contributed by atoms with Crippen molar-refractivity contribution in [2.75, 3.05) is 20.8 Å². The average Bonchev–Trinajstić information content (AvgIpc) is 3.21. The lowest BCUT2D eigenvalue weighted by atomic mass is 9.44. The summed E-state index contributed by atoms with van der Waals surface area (Å²) in [6, 6.07) is 2.55. The number of aliphatic hydroxyl groups excluding tert-OH is 1. The van der Waals surface area contributed by atoms with Gasteiger partial charge in [-0.2, -0.15) is 0 Å². The van der Waals surface area contributed by atoms with Crippen LogP contribution in [0.25, 0.3) is 0 Å². The number of hydrogen-bond acceptors (Lipinski definition) is 9. The number of rotatable bonds is 8. The van der Waals surface area contributed by atoms with Crippen molar-refractivity contribution in [1.82, 2.24) is 0 Å². The molecular formula is C30H35F2NO9. The highest BCUT2D eigenvalue weighted by Crippen LogP contribution is 2.70. The van der Waals surface area contributed by atoms with Crippen LogP contribution in [0.2, 0.25) is 0 Å². The number of allylic oxidation sites excluding steroid dienone is 4. The summed E-state index contributed by atoms with van der Waals surface area (Å²) in [7, 11) is 2.71. The molecule has 4 aliphatic carbocycles. The van der Waals surface area contributed by atoms with E-state index in [4.69, 9.17) is 14.2 Å². The molecule has 3 fully saturated rings. The highest BCUT2D eigenvalue weighted by Gasteiger charge is 2.75. The number of aliphatic hydroxyl groups is 2. The lowest BCUT2D eigenvalue weighted by Gasteiger charge is -2.63. The van der Waals surface area contributed by atoms with E-state index in [1.165, 1.54) is 45.4 Å². The molecule has 0 unspecified atom stereocenters. The predicted octanol–water partition coefficient (Wildman–Crippen LogP) is 3.75. The number of alkyl halides is 2. The monoisotopic (exact) mass is 591 g/mol. The molecule has 0 heterocycles. The Balaban J connectivity index is 1.38. The molecule has 0 bridgehead atoms. The molecule has 3 saturated carbocycles. The van der Waals surface area contributed by atoms with E-state index in [1.54, 1.807) is 6.92 Å². The molecular weight excluding hydrogens is 556 g/mol. The fraction of sp³-hybridized carbons (Fsp3) is 0.600. The zero-order valence-corrected chi connectivity index (χ0v) is 23.9. The number of benzene rings is 1. The molecule has 8 atom stereocenters. The first-order valence-corrected chi connectivity index (χ1v) is 13.9. The Morgan fingerprint density at radius 3 is 2.50 bits per heavy atom. The number of methoxy groups -OCH3 is 2. The van der Waals surface area contributed by atoms with Crippen LogP contribution in [0, 0.1) is 32.8 Å². The fourth-order valence-electron chi connectivity index (χ4n) is 8.24. The second kappa shape index (κ2) is 10.2. The number of hydrogen-bond donors (Lipinski definition) is 2. The number of ketones is 2. The standard InChI is InChI=1S/C30H35F2NO9/c1-27-7-5-17(34)10-20(27)21(31)11-19-18-6-8-29(37,28(18,2)13-25(35)30(19,27)32)26(36)15-42-14-16-9-23(40-3)24(41-4)12-22(16)33(38)39/h5,7,9-10,12,18-19,21,25,35,37H,6,8,11,13-15H2,1-4H3/t18-,19-,21-,25-,27-,28-,29-,30-/m0/s1. The van der Waals surface area contributed by atoms with Crippen LogP contribution in [0.5, 0.6) is 11.5 Å². The Kier molecular flexibility index (Phi) is 7.35. The molecule has 0 radical (unpaired) electrons. The first-order valence-electron chi connectivity index (χ1n) is 13.9. The molecule has 4 aliphatic rings. The molecule has 1 aromatic carbocycles. The minimum Gasteiger partial charge on any atom is -0.493 e. The number of nitro benzene ring substituents is 1. The van der Waals surface area contributed by atoms with E-state index in [9.17, 15) is 29.9 Å². The number of ether oxygens (including phenoxy) is 3. The van der Waals surface area contributed by atoms with Crippen molar-refractivity contribution < 1.29 is 47.7 Å². The van der Waals surface area contributed by atoms with Crippen LogP contribution in [0.4, 0.5) is 14.5 Å². The van der Waals surface area contributed by atoms with Gasteiger partial charge in [0.25, 0.3) is 5.69 Å². The summed E-state index contributed by atoms with van der Waals surface area (Å²) >= 11 is 0. The van der Waals surface area contributed by atoms with E-state index in [1.807, 2.05) is 0 Å². The normalized spacial score (nSPS) is 38.7. The van der Waals surface area contributed by atoms with Crippen molar-refractivity contribution in [2.45, 2.75) is 69.7 Å². The van der Waals surface area contributed by atoms with Crippen molar-refractivity contribution in [3.05, 3.63) is 51.6 Å². The van der Waals surface area contributed by atoms with Crippen molar-refractivity contribution in [3.8, 4) is 11.5 Å². The topological polar surface area (TPSA) is 145 Å². The molecule has 42 heavy (non-hydrogen) atoms. The number of Topliss-reactive ketones (excluding diaryl/α,β-unsaturated/α-hetero) is 1. The second-order valence-electron chi connectivity index (χ2n) is 12.3. The molecule has 10 nitrogen and oxygen atoms in total. The van der Waals surface area contributed by atoms with Crippen LogP contribution >= 0.6 is 0 Å². The molecule has 5 rings (SSSR count). The fourth-order valence-corrected chi connectivity index (χ4v) is 8.24. The van der Waals surface area contributed by atoms with Gasteiger partial charge in [-0.15, -0.1) is 0 Å². The maximum atomic E-state index is 17.2. The van der Waals surface area contributed by atoms with E-state index in [-0.39, 0.29) is 60.6 Å². The van der Waals surface area contributed by atoms with E-state index in [2.05, 4.69) is 0 Å². The van der Waals surface area contributed by atoms with Gasteiger partial charge >= 0.3 is 0 Å². The van der Waals surface area contributed by atoms with Gasteiger partial charge < -0.3 is 24.4 Å². The van der Waals surface area contributed by atoms with Crippen LogP contribution in [0.1, 0.15) is 45.1 Å². The number of carbonyl (C=O) groups excluding carboxylic acids is 2. The minimum atomic E-state index is -2.32. The van der Waals surface area contributed by atoms with E-state index in [0.717, 1.165) is 6.08 Å². The summed E-state index contributed by atoms with van der Waals surface area (Å²) < 4.78 is 48.6. The van der Waals surface area contributed by atoms with Crippen LogP contribution < -0.4 is 9.47 Å². The quantitative estimate of drug-likeness (QED) is 0.341. The predicted molar refractivity (Wildman–Crippen MR) is 144 cm³/mol. The van der Waals surface area contributed by atoms with Crippen molar-refractivity contribution in [1.29, 1.82) is 0 Å². The largest absolute Gasteiger partial charge is 0.493 e. The number of carbonyl (C=O) groups is 2. The zero-order valence-electron chi connectivity index (χ0n) is 23.9. The van der Waals surface area contributed by atoms with Gasteiger partial charge in [-0.3, -0.25) is 19.7 Å². The summed E-state index contributed by atoms with van der Waals surface area (Å²) in [6.07, 6.45) is -0.0394.